The van der Waals surface area contributed by atoms with Crippen LogP contribution in [0.15, 0.2) is 60.8 Å². The molecule has 0 radical (unpaired) electrons. The van der Waals surface area contributed by atoms with Crippen LogP contribution in [0.25, 0.3) is 11.3 Å². The van der Waals surface area contributed by atoms with Gasteiger partial charge in [-0.1, -0.05) is 43.3 Å². The Morgan fingerprint density at radius 1 is 1.00 bits per heavy atom. The Morgan fingerprint density at radius 2 is 1.81 bits per heavy atom. The van der Waals surface area contributed by atoms with Crippen molar-refractivity contribution in [3.8, 4) is 11.3 Å². The summed E-state index contributed by atoms with van der Waals surface area (Å²) in [7, 11) is 0. The van der Waals surface area contributed by atoms with Crippen LogP contribution in [0.5, 0.6) is 0 Å². The van der Waals surface area contributed by atoms with Crippen LogP contribution in [0, 0.1) is 0 Å². The van der Waals surface area contributed by atoms with Gasteiger partial charge >= 0.3 is 0 Å². The standard InChI is InChI=1S/C21H25N5/c1-3-16(2)24-21-25-19(17-9-5-4-6-10-17)15-20(26-21)23-14-12-18-11-7-8-13-22-18/h4-11,13,15-16H,3,12,14H2,1-2H3,(H2,23,24,25,26)/t16-/m0/s1. The van der Waals surface area contributed by atoms with Gasteiger partial charge in [-0.15, -0.1) is 0 Å². The summed E-state index contributed by atoms with van der Waals surface area (Å²) in [6, 6.07) is 18.5. The Bertz CT molecular complexity index is 805. The maximum atomic E-state index is 4.68. The first-order valence-electron chi connectivity index (χ1n) is 9.09. The molecule has 0 aliphatic rings. The van der Waals surface area contributed by atoms with Crippen molar-refractivity contribution < 1.29 is 0 Å². The summed E-state index contributed by atoms with van der Waals surface area (Å²) in [5, 5.41) is 6.78. The van der Waals surface area contributed by atoms with Crippen molar-refractivity contribution in [1.29, 1.82) is 0 Å². The largest absolute Gasteiger partial charge is 0.369 e. The van der Waals surface area contributed by atoms with E-state index in [4.69, 9.17) is 0 Å². The van der Waals surface area contributed by atoms with Crippen molar-refractivity contribution >= 4 is 11.8 Å². The lowest BCUT2D eigenvalue weighted by atomic mass is 10.1. The summed E-state index contributed by atoms with van der Waals surface area (Å²) in [5.41, 5.74) is 3.05. The van der Waals surface area contributed by atoms with Crippen LogP contribution in [0.3, 0.4) is 0 Å². The Kier molecular flexibility index (Phi) is 6.14. The molecule has 26 heavy (non-hydrogen) atoms. The first kappa shape index (κ1) is 17.9. The zero-order valence-corrected chi connectivity index (χ0v) is 15.3. The highest BCUT2D eigenvalue weighted by atomic mass is 15.2. The number of anilines is 2. The van der Waals surface area contributed by atoms with Gasteiger partial charge in [-0.3, -0.25) is 4.98 Å². The molecule has 0 saturated carbocycles. The molecule has 2 heterocycles. The van der Waals surface area contributed by atoms with E-state index in [9.17, 15) is 0 Å². The molecule has 3 rings (SSSR count). The van der Waals surface area contributed by atoms with Crippen LogP contribution >= 0.6 is 0 Å². The molecule has 0 saturated heterocycles. The maximum Gasteiger partial charge on any atom is 0.225 e. The van der Waals surface area contributed by atoms with Crippen molar-refractivity contribution in [1.82, 2.24) is 15.0 Å². The predicted molar refractivity (Wildman–Crippen MR) is 107 cm³/mol. The Balaban J connectivity index is 1.77. The predicted octanol–water partition coefficient (Wildman–Crippen LogP) is 4.40. The molecule has 0 aliphatic carbocycles. The van der Waals surface area contributed by atoms with Gasteiger partial charge in [-0.05, 0) is 25.5 Å². The number of hydrogen-bond donors (Lipinski definition) is 2. The molecule has 1 atom stereocenters. The highest BCUT2D eigenvalue weighted by molar-refractivity contribution is 5.64. The van der Waals surface area contributed by atoms with Crippen LogP contribution in [0.1, 0.15) is 26.0 Å². The third-order valence-electron chi connectivity index (χ3n) is 4.20. The topological polar surface area (TPSA) is 62.7 Å². The average Bonchev–Trinajstić information content (AvgIpc) is 2.69. The second-order valence-electron chi connectivity index (χ2n) is 6.28. The van der Waals surface area contributed by atoms with E-state index in [0.717, 1.165) is 42.2 Å². The van der Waals surface area contributed by atoms with E-state index >= 15 is 0 Å². The van der Waals surface area contributed by atoms with E-state index in [2.05, 4.69) is 51.6 Å². The maximum absolute atomic E-state index is 4.68. The highest BCUT2D eigenvalue weighted by Crippen LogP contribution is 2.21. The van der Waals surface area contributed by atoms with Gasteiger partial charge in [0.15, 0.2) is 0 Å². The first-order valence-corrected chi connectivity index (χ1v) is 9.09. The van der Waals surface area contributed by atoms with E-state index in [1.807, 2.05) is 48.7 Å². The quantitative estimate of drug-likeness (QED) is 0.632. The second-order valence-corrected chi connectivity index (χ2v) is 6.28. The highest BCUT2D eigenvalue weighted by Gasteiger charge is 2.08. The van der Waals surface area contributed by atoms with Gasteiger partial charge in [0, 0.05) is 42.5 Å². The fourth-order valence-corrected chi connectivity index (χ4v) is 2.55. The van der Waals surface area contributed by atoms with Gasteiger partial charge < -0.3 is 10.6 Å². The minimum Gasteiger partial charge on any atom is -0.369 e. The molecular weight excluding hydrogens is 322 g/mol. The van der Waals surface area contributed by atoms with Gasteiger partial charge in [0.2, 0.25) is 5.95 Å². The van der Waals surface area contributed by atoms with E-state index in [-0.39, 0.29) is 0 Å². The number of benzene rings is 1. The second kappa shape index (κ2) is 8.94. The van der Waals surface area contributed by atoms with E-state index in [0.29, 0.717) is 12.0 Å². The van der Waals surface area contributed by atoms with Gasteiger partial charge in [0.25, 0.3) is 0 Å². The molecule has 0 aliphatic heterocycles. The summed E-state index contributed by atoms with van der Waals surface area (Å²) in [6.45, 7) is 5.04. The minimum absolute atomic E-state index is 0.322. The Morgan fingerprint density at radius 3 is 2.54 bits per heavy atom. The lowest BCUT2D eigenvalue weighted by molar-refractivity contribution is 0.753. The average molecular weight is 347 g/mol. The summed E-state index contributed by atoms with van der Waals surface area (Å²) in [5.74, 6) is 1.47. The van der Waals surface area contributed by atoms with Crippen molar-refractivity contribution in [2.24, 2.45) is 0 Å². The monoisotopic (exact) mass is 347 g/mol. The molecular formula is C21H25N5. The summed E-state index contributed by atoms with van der Waals surface area (Å²) in [4.78, 5) is 13.7. The number of aromatic nitrogens is 3. The number of nitrogens with one attached hydrogen (secondary N) is 2. The first-order chi connectivity index (χ1) is 12.7. The normalized spacial score (nSPS) is 11.8. The Hall–Kier alpha value is -2.95. The minimum atomic E-state index is 0.322. The number of hydrogen-bond acceptors (Lipinski definition) is 5. The molecule has 1 aromatic carbocycles. The lowest BCUT2D eigenvalue weighted by Crippen LogP contribution is -2.17. The molecule has 2 N–H and O–H groups in total. The molecule has 0 spiro atoms. The van der Waals surface area contributed by atoms with E-state index < -0.39 is 0 Å². The molecule has 0 unspecified atom stereocenters. The fourth-order valence-electron chi connectivity index (χ4n) is 2.55. The summed E-state index contributed by atoms with van der Waals surface area (Å²) >= 11 is 0. The lowest BCUT2D eigenvalue weighted by Gasteiger charge is -2.14. The van der Waals surface area contributed by atoms with Crippen LogP contribution in [-0.4, -0.2) is 27.5 Å². The third-order valence-corrected chi connectivity index (χ3v) is 4.20. The van der Waals surface area contributed by atoms with Crippen LogP contribution < -0.4 is 10.6 Å². The van der Waals surface area contributed by atoms with Crippen molar-refractivity contribution in [3.05, 3.63) is 66.5 Å². The van der Waals surface area contributed by atoms with Crippen LogP contribution in [0.2, 0.25) is 0 Å². The van der Waals surface area contributed by atoms with Crippen LogP contribution in [0.4, 0.5) is 11.8 Å². The molecule has 0 bridgehead atoms. The molecule has 2 aromatic heterocycles. The zero-order valence-electron chi connectivity index (χ0n) is 15.3. The van der Waals surface area contributed by atoms with Gasteiger partial charge in [-0.25, -0.2) is 4.98 Å². The fraction of sp³-hybridized carbons (Fsp3) is 0.286. The number of rotatable bonds is 8. The van der Waals surface area contributed by atoms with Crippen molar-refractivity contribution in [3.63, 3.8) is 0 Å². The van der Waals surface area contributed by atoms with Crippen molar-refractivity contribution in [2.75, 3.05) is 17.2 Å². The summed E-state index contributed by atoms with van der Waals surface area (Å²) in [6.07, 6.45) is 3.68. The smallest absolute Gasteiger partial charge is 0.225 e. The van der Waals surface area contributed by atoms with E-state index in [1.54, 1.807) is 0 Å². The third kappa shape index (κ3) is 5.02. The van der Waals surface area contributed by atoms with Gasteiger partial charge in [0.05, 0.1) is 5.69 Å². The molecule has 134 valence electrons. The SMILES string of the molecule is CC[C@H](C)Nc1nc(NCCc2ccccn2)cc(-c2ccccc2)n1. The summed E-state index contributed by atoms with van der Waals surface area (Å²) < 4.78 is 0. The van der Waals surface area contributed by atoms with Crippen molar-refractivity contribution in [2.45, 2.75) is 32.7 Å². The Labute approximate surface area is 154 Å². The molecule has 0 amide bonds. The molecule has 5 heteroatoms. The molecule has 5 nitrogen and oxygen atoms in total. The van der Waals surface area contributed by atoms with Crippen LogP contribution in [-0.2, 0) is 6.42 Å². The van der Waals surface area contributed by atoms with Gasteiger partial charge in [0.1, 0.15) is 5.82 Å². The molecule has 3 aromatic rings. The van der Waals surface area contributed by atoms with Gasteiger partial charge in [-0.2, -0.15) is 4.98 Å². The zero-order chi connectivity index (χ0) is 18.2. The number of pyridine rings is 1. The molecule has 0 fully saturated rings. The number of nitrogens with zero attached hydrogens (tertiary/aromatic N) is 3. The van der Waals surface area contributed by atoms with E-state index in [1.165, 1.54) is 0 Å².